The first-order chi connectivity index (χ1) is 12.6. The largest absolute Gasteiger partial charge is 0.504 e. The van der Waals surface area contributed by atoms with Gasteiger partial charge < -0.3 is 29.5 Å². The minimum absolute atomic E-state index is 0.00621. The SMILES string of the molecule is COc1cc(C[C@H]2CO[C@@H](c3ccc(O)c(OC)c3)[C@@H]2CO)ccc1O. The summed E-state index contributed by atoms with van der Waals surface area (Å²) in [5.41, 5.74) is 1.88. The summed E-state index contributed by atoms with van der Waals surface area (Å²) in [4.78, 5) is 0. The van der Waals surface area contributed by atoms with E-state index in [2.05, 4.69) is 0 Å². The molecule has 1 saturated heterocycles. The van der Waals surface area contributed by atoms with Crippen molar-refractivity contribution in [2.75, 3.05) is 27.4 Å². The van der Waals surface area contributed by atoms with E-state index in [0.29, 0.717) is 24.5 Å². The average molecular weight is 360 g/mol. The van der Waals surface area contributed by atoms with Crippen LogP contribution in [0.5, 0.6) is 23.0 Å². The van der Waals surface area contributed by atoms with Crippen LogP contribution in [-0.4, -0.2) is 42.8 Å². The fourth-order valence-electron chi connectivity index (χ4n) is 3.54. The Bertz CT molecular complexity index is 760. The summed E-state index contributed by atoms with van der Waals surface area (Å²) in [7, 11) is 3.02. The van der Waals surface area contributed by atoms with Crippen molar-refractivity contribution in [1.29, 1.82) is 0 Å². The second kappa shape index (κ2) is 7.85. The van der Waals surface area contributed by atoms with Gasteiger partial charge in [-0.05, 0) is 47.7 Å². The molecule has 0 amide bonds. The van der Waals surface area contributed by atoms with Crippen LogP contribution in [0.25, 0.3) is 0 Å². The lowest BCUT2D eigenvalue weighted by Gasteiger charge is -2.22. The Morgan fingerprint density at radius 2 is 1.65 bits per heavy atom. The first-order valence-electron chi connectivity index (χ1n) is 8.52. The van der Waals surface area contributed by atoms with Crippen molar-refractivity contribution < 1.29 is 29.5 Å². The number of ether oxygens (including phenoxy) is 3. The van der Waals surface area contributed by atoms with Crippen molar-refractivity contribution in [3.8, 4) is 23.0 Å². The van der Waals surface area contributed by atoms with Crippen molar-refractivity contribution in [2.24, 2.45) is 11.8 Å². The molecule has 3 N–H and O–H groups in total. The van der Waals surface area contributed by atoms with Crippen LogP contribution in [0, 0.1) is 11.8 Å². The summed E-state index contributed by atoms with van der Waals surface area (Å²) in [6.45, 7) is 0.510. The first kappa shape index (κ1) is 18.4. The molecule has 1 fully saturated rings. The molecule has 3 atom stereocenters. The Labute approximate surface area is 152 Å². The van der Waals surface area contributed by atoms with E-state index >= 15 is 0 Å². The summed E-state index contributed by atoms with van der Waals surface area (Å²) in [6, 6.07) is 10.4. The van der Waals surface area contributed by atoms with E-state index in [1.54, 1.807) is 30.3 Å². The fraction of sp³-hybridized carbons (Fsp3) is 0.400. The monoisotopic (exact) mass is 360 g/mol. The van der Waals surface area contributed by atoms with Crippen LogP contribution in [-0.2, 0) is 11.2 Å². The van der Waals surface area contributed by atoms with E-state index < -0.39 is 0 Å². The number of phenolic OH excluding ortho intramolecular Hbond substituents is 2. The first-order valence-corrected chi connectivity index (χ1v) is 8.52. The van der Waals surface area contributed by atoms with E-state index in [-0.39, 0.29) is 36.0 Å². The molecule has 2 aromatic rings. The molecule has 1 aliphatic rings. The Kier molecular flexibility index (Phi) is 5.54. The number of benzene rings is 2. The van der Waals surface area contributed by atoms with Gasteiger partial charge in [0.25, 0.3) is 0 Å². The van der Waals surface area contributed by atoms with Crippen LogP contribution in [0.2, 0.25) is 0 Å². The highest BCUT2D eigenvalue weighted by Gasteiger charge is 2.38. The maximum Gasteiger partial charge on any atom is 0.160 e. The van der Waals surface area contributed by atoms with Crippen LogP contribution < -0.4 is 9.47 Å². The smallest absolute Gasteiger partial charge is 0.160 e. The Morgan fingerprint density at radius 1 is 1.00 bits per heavy atom. The normalized spacial score (nSPS) is 22.3. The predicted molar refractivity (Wildman–Crippen MR) is 95.8 cm³/mol. The van der Waals surface area contributed by atoms with Crippen molar-refractivity contribution in [2.45, 2.75) is 12.5 Å². The average Bonchev–Trinajstić information content (AvgIpc) is 3.06. The molecule has 2 aromatic carbocycles. The molecule has 0 aliphatic carbocycles. The number of aromatic hydroxyl groups is 2. The van der Waals surface area contributed by atoms with Crippen LogP contribution in [0.1, 0.15) is 17.2 Å². The lowest BCUT2D eigenvalue weighted by molar-refractivity contribution is 0.0717. The molecule has 0 aromatic heterocycles. The molecule has 1 aliphatic heterocycles. The van der Waals surface area contributed by atoms with Gasteiger partial charge in [0.1, 0.15) is 0 Å². The van der Waals surface area contributed by atoms with E-state index in [1.165, 1.54) is 14.2 Å². The van der Waals surface area contributed by atoms with Crippen LogP contribution in [0.4, 0.5) is 0 Å². The Hall–Kier alpha value is -2.44. The Morgan fingerprint density at radius 3 is 2.31 bits per heavy atom. The minimum atomic E-state index is -0.265. The molecule has 0 spiro atoms. The highest BCUT2D eigenvalue weighted by atomic mass is 16.5. The van der Waals surface area contributed by atoms with Crippen molar-refractivity contribution in [3.63, 3.8) is 0 Å². The van der Waals surface area contributed by atoms with Gasteiger partial charge >= 0.3 is 0 Å². The molecular formula is C20H24O6. The van der Waals surface area contributed by atoms with Crippen molar-refractivity contribution in [1.82, 2.24) is 0 Å². The number of hydrogen-bond donors (Lipinski definition) is 3. The molecule has 6 heteroatoms. The lowest BCUT2D eigenvalue weighted by atomic mass is 9.84. The summed E-state index contributed by atoms with van der Waals surface area (Å²) in [5.74, 6) is 1.04. The maximum absolute atomic E-state index is 9.95. The third-order valence-corrected chi connectivity index (χ3v) is 4.97. The fourth-order valence-corrected chi connectivity index (χ4v) is 3.54. The van der Waals surface area contributed by atoms with Gasteiger partial charge in [-0.15, -0.1) is 0 Å². The quantitative estimate of drug-likeness (QED) is 0.734. The van der Waals surface area contributed by atoms with Gasteiger partial charge in [0, 0.05) is 12.5 Å². The van der Waals surface area contributed by atoms with E-state index in [1.807, 2.05) is 6.07 Å². The van der Waals surface area contributed by atoms with E-state index in [9.17, 15) is 15.3 Å². The molecular weight excluding hydrogens is 336 g/mol. The van der Waals surface area contributed by atoms with Gasteiger partial charge in [0.15, 0.2) is 23.0 Å². The summed E-state index contributed by atoms with van der Waals surface area (Å²) in [6.07, 6.45) is 0.437. The molecule has 0 saturated carbocycles. The molecule has 0 bridgehead atoms. The molecule has 26 heavy (non-hydrogen) atoms. The summed E-state index contributed by atoms with van der Waals surface area (Å²) in [5, 5.41) is 29.5. The number of methoxy groups -OCH3 is 2. The number of hydrogen-bond acceptors (Lipinski definition) is 6. The predicted octanol–water partition coefficient (Wildman–Crippen LogP) is 2.65. The zero-order valence-corrected chi connectivity index (χ0v) is 14.9. The van der Waals surface area contributed by atoms with Crippen LogP contribution in [0.3, 0.4) is 0 Å². The van der Waals surface area contributed by atoms with E-state index in [0.717, 1.165) is 11.1 Å². The van der Waals surface area contributed by atoms with Gasteiger partial charge in [-0.1, -0.05) is 12.1 Å². The van der Waals surface area contributed by atoms with Crippen molar-refractivity contribution in [3.05, 3.63) is 47.5 Å². The molecule has 3 rings (SSSR count). The number of rotatable bonds is 6. The molecule has 0 unspecified atom stereocenters. The number of phenols is 2. The second-order valence-electron chi connectivity index (χ2n) is 6.50. The standard InChI is InChI=1S/C20H24O6/c1-24-18-8-12(3-5-16(18)22)7-14-11-26-20(15(14)10-21)13-4-6-17(23)19(9-13)25-2/h3-6,8-9,14-15,20-23H,7,10-11H2,1-2H3/t14-,15+,20-/m0/s1. The summed E-state index contributed by atoms with van der Waals surface area (Å²) >= 11 is 0. The maximum atomic E-state index is 9.95. The second-order valence-corrected chi connectivity index (χ2v) is 6.50. The Balaban J connectivity index is 1.79. The highest BCUT2D eigenvalue weighted by Crippen LogP contribution is 2.42. The van der Waals surface area contributed by atoms with Gasteiger partial charge in [0.2, 0.25) is 0 Å². The zero-order chi connectivity index (χ0) is 18.7. The van der Waals surface area contributed by atoms with Gasteiger partial charge in [0.05, 0.1) is 26.9 Å². The van der Waals surface area contributed by atoms with Gasteiger partial charge in [-0.3, -0.25) is 0 Å². The number of aliphatic hydroxyl groups excluding tert-OH is 1. The van der Waals surface area contributed by atoms with Crippen LogP contribution in [0.15, 0.2) is 36.4 Å². The molecule has 1 heterocycles. The molecule has 0 radical (unpaired) electrons. The van der Waals surface area contributed by atoms with Crippen LogP contribution >= 0.6 is 0 Å². The topological polar surface area (TPSA) is 88.4 Å². The molecule has 6 nitrogen and oxygen atoms in total. The summed E-state index contributed by atoms with van der Waals surface area (Å²) < 4.78 is 16.3. The van der Waals surface area contributed by atoms with Gasteiger partial charge in [-0.25, -0.2) is 0 Å². The molecule has 140 valence electrons. The lowest BCUT2D eigenvalue weighted by Crippen LogP contribution is -2.21. The zero-order valence-electron chi connectivity index (χ0n) is 14.9. The van der Waals surface area contributed by atoms with Crippen molar-refractivity contribution >= 4 is 0 Å². The third-order valence-electron chi connectivity index (χ3n) is 4.97. The van der Waals surface area contributed by atoms with E-state index in [4.69, 9.17) is 14.2 Å². The third kappa shape index (κ3) is 3.57. The highest BCUT2D eigenvalue weighted by molar-refractivity contribution is 5.43. The van der Waals surface area contributed by atoms with Gasteiger partial charge in [-0.2, -0.15) is 0 Å². The number of aliphatic hydroxyl groups is 1. The minimum Gasteiger partial charge on any atom is -0.504 e.